The van der Waals surface area contributed by atoms with Gasteiger partial charge in [-0.2, -0.15) is 0 Å². The van der Waals surface area contributed by atoms with E-state index < -0.39 is 5.41 Å². The minimum Gasteiger partial charge on any atom is -0.294 e. The maximum absolute atomic E-state index is 5.41. The normalized spacial score (nSPS) is 12.8. The molecule has 8 aromatic carbocycles. The third-order valence-corrected chi connectivity index (χ3v) is 11.5. The van der Waals surface area contributed by atoms with E-state index in [1.54, 1.807) is 0 Å². The first-order valence-corrected chi connectivity index (χ1v) is 19.2. The molecule has 262 valence electrons. The fourth-order valence-corrected chi connectivity index (χ4v) is 9.11. The van der Waals surface area contributed by atoms with Crippen LogP contribution in [-0.2, 0) is 5.41 Å². The average Bonchev–Trinajstić information content (AvgIpc) is 3.78. The van der Waals surface area contributed by atoms with E-state index in [-0.39, 0.29) is 0 Å². The van der Waals surface area contributed by atoms with Crippen LogP contribution in [0.25, 0.3) is 72.5 Å². The smallest absolute Gasteiger partial charge is 0.162 e. The number of nitrogens with zero attached hydrogens (tertiary/aromatic N) is 3. The monoisotopic (exact) mass is 713 g/mol. The number of rotatable bonds is 6. The van der Waals surface area contributed by atoms with Gasteiger partial charge in [-0.25, -0.2) is 9.97 Å². The maximum atomic E-state index is 5.41. The molecule has 0 unspecified atom stereocenters. The quantitative estimate of drug-likeness (QED) is 0.172. The molecule has 1 aliphatic rings. The first-order chi connectivity index (χ1) is 27.8. The summed E-state index contributed by atoms with van der Waals surface area (Å²) < 4.78 is 2.27. The van der Waals surface area contributed by atoms with Crippen molar-refractivity contribution in [2.45, 2.75) is 5.41 Å². The number of hydrogen-bond donors (Lipinski definition) is 0. The summed E-state index contributed by atoms with van der Waals surface area (Å²) in [6, 6.07) is 76.2. The fraction of sp³-hybridized carbons (Fsp3) is 0.0189. The highest BCUT2D eigenvalue weighted by Gasteiger charge is 2.45. The Bertz CT molecular complexity index is 3030. The SMILES string of the molecule is c1ccc(-c2nc(-c3cccc(-c4cccc(C5(c6ccccc6)c6ccccc6-c6ccccc65)c4)c3)nc3c2c2ccccc2n3-c2ccccc2)cc1. The molecule has 3 heteroatoms. The average molecular weight is 714 g/mol. The van der Waals surface area contributed by atoms with Gasteiger partial charge in [0.05, 0.1) is 22.0 Å². The van der Waals surface area contributed by atoms with Crippen molar-refractivity contribution < 1.29 is 0 Å². The maximum Gasteiger partial charge on any atom is 0.162 e. The molecule has 0 fully saturated rings. The van der Waals surface area contributed by atoms with Crippen molar-refractivity contribution in [3.05, 3.63) is 235 Å². The van der Waals surface area contributed by atoms with Gasteiger partial charge in [0.15, 0.2) is 5.82 Å². The van der Waals surface area contributed by atoms with Gasteiger partial charge in [0, 0.05) is 22.2 Å². The van der Waals surface area contributed by atoms with Crippen molar-refractivity contribution in [3.8, 4) is 50.6 Å². The van der Waals surface area contributed by atoms with Crippen LogP contribution in [-0.4, -0.2) is 14.5 Å². The standard InChI is InChI=1S/C53H35N3/c1-4-18-36(19-5-1)50-49-45-30-12-15-33-48(45)56(42-26-8-3-9-27-42)52(49)55-51(54-50)39-22-16-20-37(34-39)38-21-17-25-41(35-38)53(40-23-6-2-7-24-40)46-31-13-10-28-43(46)44-29-11-14-32-47(44)53/h1-35H. The molecule has 0 aliphatic heterocycles. The second-order valence-corrected chi connectivity index (χ2v) is 14.5. The molecule has 10 aromatic rings. The molecule has 0 amide bonds. The Labute approximate surface area is 325 Å². The van der Waals surface area contributed by atoms with Crippen LogP contribution in [0.3, 0.4) is 0 Å². The van der Waals surface area contributed by atoms with E-state index in [4.69, 9.17) is 9.97 Å². The third-order valence-electron chi connectivity index (χ3n) is 11.5. The molecule has 0 saturated carbocycles. The molecule has 0 bridgehead atoms. The van der Waals surface area contributed by atoms with E-state index in [0.29, 0.717) is 5.82 Å². The van der Waals surface area contributed by atoms with Gasteiger partial charge < -0.3 is 0 Å². The summed E-state index contributed by atoms with van der Waals surface area (Å²) in [5, 5.41) is 2.18. The summed E-state index contributed by atoms with van der Waals surface area (Å²) >= 11 is 0. The van der Waals surface area contributed by atoms with Crippen molar-refractivity contribution in [1.29, 1.82) is 0 Å². The first kappa shape index (κ1) is 32.1. The van der Waals surface area contributed by atoms with Crippen LogP contribution in [0.1, 0.15) is 22.3 Å². The first-order valence-electron chi connectivity index (χ1n) is 19.2. The Morgan fingerprint density at radius 1 is 0.393 bits per heavy atom. The summed E-state index contributed by atoms with van der Waals surface area (Å²) in [5.74, 6) is 0.689. The number of aromatic nitrogens is 3. The Balaban J connectivity index is 1.12. The lowest BCUT2D eigenvalue weighted by atomic mass is 9.67. The van der Waals surface area contributed by atoms with Gasteiger partial charge in [-0.3, -0.25) is 4.57 Å². The Hall–Kier alpha value is -7.36. The van der Waals surface area contributed by atoms with Crippen molar-refractivity contribution in [2.24, 2.45) is 0 Å². The topological polar surface area (TPSA) is 30.7 Å². The van der Waals surface area contributed by atoms with Crippen LogP contribution in [0.4, 0.5) is 0 Å². The minimum absolute atomic E-state index is 0.467. The Morgan fingerprint density at radius 2 is 0.929 bits per heavy atom. The van der Waals surface area contributed by atoms with E-state index in [9.17, 15) is 0 Å². The van der Waals surface area contributed by atoms with E-state index >= 15 is 0 Å². The van der Waals surface area contributed by atoms with Crippen molar-refractivity contribution in [2.75, 3.05) is 0 Å². The van der Waals surface area contributed by atoms with Gasteiger partial charge in [-0.1, -0.05) is 182 Å². The molecular formula is C53H35N3. The summed E-state index contributed by atoms with van der Waals surface area (Å²) in [6.07, 6.45) is 0. The lowest BCUT2D eigenvalue weighted by molar-refractivity contribution is 0.769. The van der Waals surface area contributed by atoms with Gasteiger partial charge in [-0.05, 0) is 74.8 Å². The zero-order valence-corrected chi connectivity index (χ0v) is 30.5. The van der Waals surface area contributed by atoms with Crippen LogP contribution in [0, 0.1) is 0 Å². The third kappa shape index (κ3) is 4.84. The molecule has 0 radical (unpaired) electrons. The highest BCUT2D eigenvalue weighted by molar-refractivity contribution is 6.14. The van der Waals surface area contributed by atoms with Crippen LogP contribution in [0.2, 0.25) is 0 Å². The molecule has 0 atom stereocenters. The van der Waals surface area contributed by atoms with Gasteiger partial charge in [-0.15, -0.1) is 0 Å². The highest BCUT2D eigenvalue weighted by Crippen LogP contribution is 2.56. The van der Waals surface area contributed by atoms with Gasteiger partial charge in [0.1, 0.15) is 5.65 Å². The van der Waals surface area contributed by atoms with Gasteiger partial charge in [0.2, 0.25) is 0 Å². The molecular weight excluding hydrogens is 679 g/mol. The summed E-state index contributed by atoms with van der Waals surface area (Å²) in [5.41, 5.74) is 15.5. The Kier molecular flexibility index (Phi) is 7.39. The van der Waals surface area contributed by atoms with E-state index in [1.165, 1.54) is 33.4 Å². The number of hydrogen-bond acceptors (Lipinski definition) is 2. The van der Waals surface area contributed by atoms with Crippen LogP contribution >= 0.6 is 0 Å². The van der Waals surface area contributed by atoms with Gasteiger partial charge in [0.25, 0.3) is 0 Å². The summed E-state index contributed by atoms with van der Waals surface area (Å²) in [4.78, 5) is 10.8. The second-order valence-electron chi connectivity index (χ2n) is 14.5. The molecule has 2 heterocycles. The van der Waals surface area contributed by atoms with Gasteiger partial charge >= 0.3 is 0 Å². The number of fused-ring (bicyclic) bond motifs is 6. The highest BCUT2D eigenvalue weighted by atomic mass is 15.1. The second kappa shape index (κ2) is 12.9. The van der Waals surface area contributed by atoms with Crippen molar-refractivity contribution in [1.82, 2.24) is 14.5 Å². The van der Waals surface area contributed by atoms with E-state index in [0.717, 1.165) is 55.6 Å². The lowest BCUT2D eigenvalue weighted by Gasteiger charge is -2.34. The van der Waals surface area contributed by atoms with Crippen LogP contribution < -0.4 is 0 Å². The summed E-state index contributed by atoms with van der Waals surface area (Å²) in [6.45, 7) is 0. The minimum atomic E-state index is -0.467. The summed E-state index contributed by atoms with van der Waals surface area (Å²) in [7, 11) is 0. The molecule has 0 spiro atoms. The van der Waals surface area contributed by atoms with Crippen LogP contribution in [0.5, 0.6) is 0 Å². The largest absolute Gasteiger partial charge is 0.294 e. The predicted molar refractivity (Wildman–Crippen MR) is 230 cm³/mol. The predicted octanol–water partition coefficient (Wildman–Crippen LogP) is 12.9. The number of para-hydroxylation sites is 2. The molecule has 0 saturated heterocycles. The molecule has 2 aromatic heterocycles. The van der Waals surface area contributed by atoms with Crippen molar-refractivity contribution in [3.63, 3.8) is 0 Å². The fourth-order valence-electron chi connectivity index (χ4n) is 9.11. The molecule has 3 nitrogen and oxygen atoms in total. The van der Waals surface area contributed by atoms with Crippen LogP contribution in [0.15, 0.2) is 212 Å². The van der Waals surface area contributed by atoms with E-state index in [1.807, 2.05) is 0 Å². The van der Waals surface area contributed by atoms with Crippen molar-refractivity contribution >= 4 is 21.9 Å². The van der Waals surface area contributed by atoms with E-state index in [2.05, 4.69) is 217 Å². The molecule has 1 aliphatic carbocycles. The molecule has 0 N–H and O–H groups in total. The lowest BCUT2D eigenvalue weighted by Crippen LogP contribution is -2.28. The zero-order valence-electron chi connectivity index (χ0n) is 30.5. The number of benzene rings is 8. The molecule has 11 rings (SSSR count). The molecule has 56 heavy (non-hydrogen) atoms. The zero-order chi connectivity index (χ0) is 37.1. The Morgan fingerprint density at radius 3 is 1.66 bits per heavy atom.